The normalized spacial score (nSPS) is 23.9. The van der Waals surface area contributed by atoms with Crippen LogP contribution in [0.4, 0.5) is 4.79 Å². The van der Waals surface area contributed by atoms with Crippen LogP contribution >= 0.6 is 0 Å². The van der Waals surface area contributed by atoms with Crippen molar-refractivity contribution in [2.24, 2.45) is 0 Å². The number of amides is 3. The van der Waals surface area contributed by atoms with E-state index in [1.807, 2.05) is 19.1 Å². The Morgan fingerprint density at radius 2 is 2.27 bits per heavy atom. The van der Waals surface area contributed by atoms with Gasteiger partial charge >= 0.3 is 6.03 Å². The van der Waals surface area contributed by atoms with Crippen LogP contribution in [0.15, 0.2) is 12.2 Å². The highest BCUT2D eigenvalue weighted by Crippen LogP contribution is 1.98. The van der Waals surface area contributed by atoms with Crippen molar-refractivity contribution >= 4 is 11.9 Å². The number of allylic oxidation sites excluding steroid dienone is 1. The average Bonchev–Trinajstić information content (AvgIpc) is 2.26. The zero-order valence-corrected chi connectivity index (χ0v) is 6.26. The van der Waals surface area contributed by atoms with Gasteiger partial charge in [0.15, 0.2) is 0 Å². The Hall–Kier alpha value is -1.32. The average molecular weight is 154 g/mol. The van der Waals surface area contributed by atoms with Crippen LogP contribution in [0.25, 0.3) is 0 Å². The van der Waals surface area contributed by atoms with Crippen LogP contribution in [0, 0.1) is 0 Å². The molecular formula is C7H10N2O2. The van der Waals surface area contributed by atoms with Gasteiger partial charge in [-0.25, -0.2) is 4.79 Å². The summed E-state index contributed by atoms with van der Waals surface area (Å²) in [5.74, 6) is -0.242. The highest BCUT2D eigenvalue weighted by Gasteiger charge is 2.27. The summed E-state index contributed by atoms with van der Waals surface area (Å²) in [6, 6.07) is -0.775. The smallest absolute Gasteiger partial charge is 0.322 e. The third-order valence-corrected chi connectivity index (χ3v) is 1.47. The third kappa shape index (κ3) is 1.80. The second kappa shape index (κ2) is 3.18. The predicted molar refractivity (Wildman–Crippen MR) is 39.9 cm³/mol. The molecule has 0 aromatic heterocycles. The fraction of sp³-hybridized carbons (Fsp3) is 0.429. The van der Waals surface area contributed by atoms with Crippen LogP contribution in [0.1, 0.15) is 13.3 Å². The van der Waals surface area contributed by atoms with Gasteiger partial charge in [0, 0.05) is 0 Å². The molecule has 11 heavy (non-hydrogen) atoms. The Labute approximate surface area is 64.7 Å². The van der Waals surface area contributed by atoms with Gasteiger partial charge in [-0.2, -0.15) is 0 Å². The van der Waals surface area contributed by atoms with E-state index in [2.05, 4.69) is 10.6 Å². The van der Waals surface area contributed by atoms with E-state index in [1.54, 1.807) is 0 Å². The Morgan fingerprint density at radius 1 is 1.55 bits per heavy atom. The van der Waals surface area contributed by atoms with Gasteiger partial charge in [0.2, 0.25) is 0 Å². The lowest BCUT2D eigenvalue weighted by molar-refractivity contribution is -0.120. The molecular weight excluding hydrogens is 144 g/mol. The summed E-state index contributed by atoms with van der Waals surface area (Å²) < 4.78 is 0. The van der Waals surface area contributed by atoms with Gasteiger partial charge in [-0.1, -0.05) is 12.2 Å². The summed E-state index contributed by atoms with van der Waals surface area (Å²) in [4.78, 5) is 21.4. The Kier molecular flexibility index (Phi) is 2.25. The first-order valence-electron chi connectivity index (χ1n) is 3.46. The third-order valence-electron chi connectivity index (χ3n) is 1.47. The molecule has 1 unspecified atom stereocenters. The minimum absolute atomic E-state index is 0.242. The minimum atomic E-state index is -0.399. The van der Waals surface area contributed by atoms with Crippen LogP contribution in [0.3, 0.4) is 0 Å². The van der Waals surface area contributed by atoms with Crippen molar-refractivity contribution in [2.45, 2.75) is 19.4 Å². The van der Waals surface area contributed by atoms with E-state index in [9.17, 15) is 9.59 Å². The summed E-state index contributed by atoms with van der Waals surface area (Å²) in [6.07, 6.45) is 4.25. The molecule has 1 heterocycles. The zero-order valence-electron chi connectivity index (χ0n) is 6.26. The summed E-state index contributed by atoms with van der Waals surface area (Å²) in [6.45, 7) is 1.87. The Balaban J connectivity index is 2.47. The Morgan fingerprint density at radius 3 is 2.73 bits per heavy atom. The molecule has 1 rings (SSSR count). The lowest BCUT2D eigenvalue weighted by atomic mass is 10.2. The van der Waals surface area contributed by atoms with Crippen LogP contribution in [-0.4, -0.2) is 18.0 Å². The molecule has 0 saturated carbocycles. The molecule has 60 valence electrons. The monoisotopic (exact) mass is 154 g/mol. The van der Waals surface area contributed by atoms with Gasteiger partial charge in [-0.3, -0.25) is 10.1 Å². The lowest BCUT2D eigenvalue weighted by Gasteiger charge is -2.00. The van der Waals surface area contributed by atoms with Crippen molar-refractivity contribution in [3.63, 3.8) is 0 Å². The first-order chi connectivity index (χ1) is 5.24. The van der Waals surface area contributed by atoms with E-state index in [-0.39, 0.29) is 11.9 Å². The predicted octanol–water partition coefficient (Wildman–Crippen LogP) is 0.161. The van der Waals surface area contributed by atoms with Crippen LogP contribution in [0.5, 0.6) is 0 Å². The van der Waals surface area contributed by atoms with Crippen molar-refractivity contribution < 1.29 is 9.59 Å². The molecule has 0 aromatic carbocycles. The van der Waals surface area contributed by atoms with Crippen LogP contribution in [0.2, 0.25) is 0 Å². The number of hydrogen-bond donors (Lipinski definition) is 2. The molecule has 4 heteroatoms. The number of urea groups is 1. The summed E-state index contributed by atoms with van der Waals surface area (Å²) in [7, 11) is 0. The largest absolute Gasteiger partial charge is 0.326 e. The first-order valence-corrected chi connectivity index (χ1v) is 3.46. The van der Waals surface area contributed by atoms with E-state index >= 15 is 0 Å². The number of rotatable bonds is 2. The molecule has 0 radical (unpaired) electrons. The summed E-state index contributed by atoms with van der Waals surface area (Å²) in [5.41, 5.74) is 0. The lowest BCUT2D eigenvalue weighted by Crippen LogP contribution is -2.27. The fourth-order valence-electron chi connectivity index (χ4n) is 0.897. The van der Waals surface area contributed by atoms with E-state index in [1.165, 1.54) is 0 Å². The number of carbonyl (C=O) groups is 2. The fourth-order valence-corrected chi connectivity index (χ4v) is 0.897. The second-order valence-electron chi connectivity index (χ2n) is 2.32. The van der Waals surface area contributed by atoms with Crippen LogP contribution < -0.4 is 10.6 Å². The standard InChI is InChI=1S/C7H10N2O2/c1-2-3-4-5-6(10)9-7(11)8-5/h2-3,5H,4H2,1H3,(H2,8,9,10,11)/b3-2-. The highest BCUT2D eigenvalue weighted by molar-refractivity contribution is 6.04. The van der Waals surface area contributed by atoms with Crippen molar-refractivity contribution in [1.82, 2.24) is 10.6 Å². The molecule has 0 aliphatic carbocycles. The van der Waals surface area contributed by atoms with Gasteiger partial charge in [-0.05, 0) is 13.3 Å². The van der Waals surface area contributed by atoms with Crippen LogP contribution in [-0.2, 0) is 4.79 Å². The maximum absolute atomic E-state index is 10.9. The maximum Gasteiger partial charge on any atom is 0.322 e. The topological polar surface area (TPSA) is 58.2 Å². The van der Waals surface area contributed by atoms with E-state index in [0.29, 0.717) is 6.42 Å². The SMILES string of the molecule is C/C=C\CC1NC(=O)NC1=O. The van der Waals surface area contributed by atoms with E-state index in [0.717, 1.165) is 0 Å². The van der Waals surface area contributed by atoms with Crippen molar-refractivity contribution in [1.29, 1.82) is 0 Å². The minimum Gasteiger partial charge on any atom is -0.326 e. The van der Waals surface area contributed by atoms with Crippen molar-refractivity contribution in [3.05, 3.63) is 12.2 Å². The molecule has 1 aliphatic heterocycles. The van der Waals surface area contributed by atoms with Gasteiger partial charge in [-0.15, -0.1) is 0 Å². The first kappa shape index (κ1) is 7.78. The number of imide groups is 1. The van der Waals surface area contributed by atoms with Crippen molar-refractivity contribution in [3.8, 4) is 0 Å². The van der Waals surface area contributed by atoms with Crippen molar-refractivity contribution in [2.75, 3.05) is 0 Å². The van der Waals surface area contributed by atoms with Gasteiger partial charge in [0.1, 0.15) is 6.04 Å². The highest BCUT2D eigenvalue weighted by atomic mass is 16.2. The molecule has 0 bridgehead atoms. The molecule has 1 atom stereocenters. The number of carbonyl (C=O) groups excluding carboxylic acids is 2. The number of hydrogen-bond acceptors (Lipinski definition) is 2. The molecule has 1 aliphatic rings. The van der Waals surface area contributed by atoms with Gasteiger partial charge in [0.05, 0.1) is 0 Å². The van der Waals surface area contributed by atoms with Gasteiger partial charge < -0.3 is 5.32 Å². The van der Waals surface area contributed by atoms with E-state index in [4.69, 9.17) is 0 Å². The molecule has 0 aromatic rings. The zero-order chi connectivity index (χ0) is 8.27. The Bertz CT molecular complexity index is 210. The molecule has 3 amide bonds. The van der Waals surface area contributed by atoms with Gasteiger partial charge in [0.25, 0.3) is 5.91 Å². The maximum atomic E-state index is 10.9. The summed E-state index contributed by atoms with van der Waals surface area (Å²) >= 11 is 0. The molecule has 0 spiro atoms. The molecule has 2 N–H and O–H groups in total. The number of nitrogens with one attached hydrogen (secondary N) is 2. The second-order valence-corrected chi connectivity index (χ2v) is 2.32. The molecule has 1 saturated heterocycles. The molecule has 4 nitrogen and oxygen atoms in total. The summed E-state index contributed by atoms with van der Waals surface area (Å²) in [5, 5.41) is 4.64. The van der Waals surface area contributed by atoms with E-state index < -0.39 is 6.03 Å². The quantitative estimate of drug-likeness (QED) is 0.439. The molecule has 1 fully saturated rings.